The van der Waals surface area contributed by atoms with Crippen LogP contribution in [0, 0.1) is 0 Å². The Morgan fingerprint density at radius 2 is 1.79 bits per heavy atom. The number of halogens is 1. The van der Waals surface area contributed by atoms with Gasteiger partial charge in [-0.15, -0.1) is 0 Å². The molecule has 2 atom stereocenters. The lowest BCUT2D eigenvalue weighted by Crippen LogP contribution is -2.42. The molecule has 1 aromatic carbocycles. The van der Waals surface area contributed by atoms with Crippen LogP contribution in [0.15, 0.2) is 24.3 Å². The monoisotopic (exact) mass is 276 g/mol. The lowest BCUT2D eigenvalue weighted by Gasteiger charge is -2.29. The number of nitrogens with zero attached hydrogens (tertiary/aromatic N) is 2. The molecule has 0 aliphatic heterocycles. The van der Waals surface area contributed by atoms with Crippen molar-refractivity contribution in [2.45, 2.75) is 37.8 Å². The van der Waals surface area contributed by atoms with Gasteiger partial charge < -0.3 is 11.1 Å². The van der Waals surface area contributed by atoms with Crippen LogP contribution in [0.2, 0.25) is 5.15 Å². The van der Waals surface area contributed by atoms with Crippen molar-refractivity contribution in [1.29, 1.82) is 0 Å². The van der Waals surface area contributed by atoms with E-state index >= 15 is 0 Å². The molecule has 100 valence electrons. The Morgan fingerprint density at radius 3 is 2.53 bits per heavy atom. The molecule has 1 aliphatic carbocycles. The van der Waals surface area contributed by atoms with E-state index in [9.17, 15) is 0 Å². The van der Waals surface area contributed by atoms with Crippen LogP contribution in [0.1, 0.15) is 25.7 Å². The van der Waals surface area contributed by atoms with Gasteiger partial charge in [-0.25, -0.2) is 9.97 Å². The van der Waals surface area contributed by atoms with Crippen molar-refractivity contribution in [2.24, 2.45) is 5.73 Å². The molecule has 0 spiro atoms. The molecule has 1 saturated carbocycles. The van der Waals surface area contributed by atoms with Crippen molar-refractivity contribution < 1.29 is 0 Å². The fourth-order valence-corrected chi connectivity index (χ4v) is 2.77. The summed E-state index contributed by atoms with van der Waals surface area (Å²) in [7, 11) is 0. The average Bonchev–Trinajstić information content (AvgIpc) is 2.42. The van der Waals surface area contributed by atoms with Crippen LogP contribution in [0.4, 0.5) is 5.82 Å². The van der Waals surface area contributed by atoms with Gasteiger partial charge in [0.05, 0.1) is 11.0 Å². The maximum Gasteiger partial charge on any atom is 0.172 e. The van der Waals surface area contributed by atoms with Gasteiger partial charge in [-0.05, 0) is 25.0 Å². The predicted octanol–water partition coefficient (Wildman–Crippen LogP) is 2.97. The fourth-order valence-electron chi connectivity index (χ4n) is 2.58. The number of rotatable bonds is 2. The molecule has 1 fully saturated rings. The first kappa shape index (κ1) is 12.6. The van der Waals surface area contributed by atoms with Gasteiger partial charge in [-0.2, -0.15) is 0 Å². The fraction of sp³-hybridized carbons (Fsp3) is 0.429. The number of nitrogens with two attached hydrogens (primary N) is 1. The van der Waals surface area contributed by atoms with E-state index in [0.717, 1.165) is 23.9 Å². The summed E-state index contributed by atoms with van der Waals surface area (Å²) < 4.78 is 0. The molecule has 0 radical (unpaired) electrons. The number of aromatic nitrogens is 2. The largest absolute Gasteiger partial charge is 0.363 e. The highest BCUT2D eigenvalue weighted by Crippen LogP contribution is 2.25. The second kappa shape index (κ2) is 5.31. The molecular weight excluding hydrogens is 260 g/mol. The van der Waals surface area contributed by atoms with Gasteiger partial charge in [0, 0.05) is 12.1 Å². The standard InChI is InChI=1S/C14H17ClN4/c15-13-14(18-10-6-2-1-5-9(10)16)19-12-8-4-3-7-11(12)17-13/h3-4,7-10H,1-2,5-6,16H2,(H,18,19)/t9-,10-/m0/s1. The molecule has 19 heavy (non-hydrogen) atoms. The highest BCUT2D eigenvalue weighted by molar-refractivity contribution is 6.32. The number of para-hydroxylation sites is 2. The van der Waals surface area contributed by atoms with Crippen molar-refractivity contribution >= 4 is 28.5 Å². The van der Waals surface area contributed by atoms with E-state index in [1.165, 1.54) is 12.8 Å². The highest BCUT2D eigenvalue weighted by atomic mass is 35.5. The normalized spacial score (nSPS) is 23.5. The van der Waals surface area contributed by atoms with Gasteiger partial charge in [-0.1, -0.05) is 36.6 Å². The lowest BCUT2D eigenvalue weighted by molar-refractivity contribution is 0.403. The molecular formula is C14H17ClN4. The smallest absolute Gasteiger partial charge is 0.172 e. The van der Waals surface area contributed by atoms with Crippen LogP contribution in [-0.4, -0.2) is 22.1 Å². The van der Waals surface area contributed by atoms with E-state index in [1.54, 1.807) is 0 Å². The Balaban J connectivity index is 1.89. The molecule has 1 aliphatic rings. The third-order valence-electron chi connectivity index (χ3n) is 3.67. The zero-order valence-electron chi connectivity index (χ0n) is 10.6. The molecule has 1 aromatic heterocycles. The zero-order valence-corrected chi connectivity index (χ0v) is 11.4. The summed E-state index contributed by atoms with van der Waals surface area (Å²) in [4.78, 5) is 8.91. The molecule has 0 unspecified atom stereocenters. The summed E-state index contributed by atoms with van der Waals surface area (Å²) in [5.41, 5.74) is 7.79. The zero-order chi connectivity index (χ0) is 13.2. The molecule has 2 aromatic rings. The Bertz CT molecular complexity index is 587. The van der Waals surface area contributed by atoms with Crippen LogP contribution in [0.3, 0.4) is 0 Å². The topological polar surface area (TPSA) is 63.8 Å². The van der Waals surface area contributed by atoms with Gasteiger partial charge in [0.15, 0.2) is 11.0 Å². The molecule has 1 heterocycles. The van der Waals surface area contributed by atoms with Crippen molar-refractivity contribution in [3.63, 3.8) is 0 Å². The van der Waals surface area contributed by atoms with Gasteiger partial charge in [-0.3, -0.25) is 0 Å². The van der Waals surface area contributed by atoms with Crippen molar-refractivity contribution in [3.8, 4) is 0 Å². The highest BCUT2D eigenvalue weighted by Gasteiger charge is 2.23. The molecule has 3 rings (SSSR count). The molecule has 4 nitrogen and oxygen atoms in total. The quantitative estimate of drug-likeness (QED) is 0.885. The number of anilines is 1. The van der Waals surface area contributed by atoms with Crippen molar-refractivity contribution in [2.75, 3.05) is 5.32 Å². The minimum absolute atomic E-state index is 0.165. The number of fused-ring (bicyclic) bond motifs is 1. The van der Waals surface area contributed by atoms with Crippen LogP contribution >= 0.6 is 11.6 Å². The lowest BCUT2D eigenvalue weighted by atomic mass is 9.91. The minimum atomic E-state index is 0.165. The van der Waals surface area contributed by atoms with Gasteiger partial charge in [0.1, 0.15) is 0 Å². The van der Waals surface area contributed by atoms with Crippen LogP contribution in [0.25, 0.3) is 11.0 Å². The molecule has 0 bridgehead atoms. The number of benzene rings is 1. The first-order chi connectivity index (χ1) is 9.24. The van der Waals surface area contributed by atoms with Gasteiger partial charge in [0.25, 0.3) is 0 Å². The summed E-state index contributed by atoms with van der Waals surface area (Å²) in [6.07, 6.45) is 4.52. The van der Waals surface area contributed by atoms with E-state index in [-0.39, 0.29) is 12.1 Å². The Morgan fingerprint density at radius 1 is 1.11 bits per heavy atom. The summed E-state index contributed by atoms with van der Waals surface area (Å²) in [6, 6.07) is 8.12. The Labute approximate surface area is 117 Å². The van der Waals surface area contributed by atoms with E-state index in [2.05, 4.69) is 15.3 Å². The summed E-state index contributed by atoms with van der Waals surface area (Å²) in [5, 5.41) is 3.77. The van der Waals surface area contributed by atoms with Gasteiger partial charge in [0.2, 0.25) is 0 Å². The molecule has 3 N–H and O–H groups in total. The van der Waals surface area contributed by atoms with Crippen molar-refractivity contribution in [3.05, 3.63) is 29.4 Å². The van der Waals surface area contributed by atoms with E-state index in [1.807, 2.05) is 24.3 Å². The average molecular weight is 277 g/mol. The van der Waals surface area contributed by atoms with E-state index < -0.39 is 0 Å². The third kappa shape index (κ3) is 2.65. The van der Waals surface area contributed by atoms with Crippen LogP contribution < -0.4 is 11.1 Å². The maximum atomic E-state index is 6.19. The van der Waals surface area contributed by atoms with Crippen LogP contribution in [0.5, 0.6) is 0 Å². The number of hydrogen-bond donors (Lipinski definition) is 2. The first-order valence-electron chi connectivity index (χ1n) is 6.68. The van der Waals surface area contributed by atoms with E-state index in [0.29, 0.717) is 11.0 Å². The van der Waals surface area contributed by atoms with Crippen LogP contribution in [-0.2, 0) is 0 Å². The SMILES string of the molecule is N[C@H]1CCCC[C@@H]1Nc1nc2ccccc2nc1Cl. The summed E-state index contributed by atoms with van der Waals surface area (Å²) >= 11 is 6.19. The first-order valence-corrected chi connectivity index (χ1v) is 7.06. The molecule has 5 heteroatoms. The number of hydrogen-bond acceptors (Lipinski definition) is 4. The van der Waals surface area contributed by atoms with Crippen molar-refractivity contribution in [1.82, 2.24) is 9.97 Å². The summed E-state index contributed by atoms with van der Waals surface area (Å²) in [6.45, 7) is 0. The Kier molecular flexibility index (Phi) is 3.53. The van der Waals surface area contributed by atoms with Gasteiger partial charge >= 0.3 is 0 Å². The second-order valence-electron chi connectivity index (χ2n) is 5.05. The molecule has 0 amide bonds. The number of nitrogens with one attached hydrogen (secondary N) is 1. The minimum Gasteiger partial charge on any atom is -0.363 e. The molecule has 0 saturated heterocycles. The predicted molar refractivity (Wildman–Crippen MR) is 78.4 cm³/mol. The third-order valence-corrected chi connectivity index (χ3v) is 3.93. The Hall–Kier alpha value is -1.39. The maximum absolute atomic E-state index is 6.19. The van der Waals surface area contributed by atoms with E-state index in [4.69, 9.17) is 17.3 Å². The second-order valence-corrected chi connectivity index (χ2v) is 5.41. The summed E-state index contributed by atoms with van der Waals surface area (Å²) in [5.74, 6) is 0.641.